The quantitative estimate of drug-likeness (QED) is 0.931. The number of aryl methyl sites for hydroxylation is 1. The van der Waals surface area contributed by atoms with Gasteiger partial charge in [0.1, 0.15) is 0 Å². The second-order valence-electron chi connectivity index (χ2n) is 4.12. The molecule has 0 bridgehead atoms. The molecule has 0 aliphatic carbocycles. The maximum absolute atomic E-state index is 4.31. The van der Waals surface area contributed by atoms with Gasteiger partial charge in [-0.25, -0.2) is 4.98 Å². The summed E-state index contributed by atoms with van der Waals surface area (Å²) in [6, 6.07) is 6.76. The zero-order valence-corrected chi connectivity index (χ0v) is 13.0. The van der Waals surface area contributed by atoms with Gasteiger partial charge in [0, 0.05) is 34.9 Å². The highest BCUT2D eigenvalue weighted by Gasteiger charge is 2.09. The maximum atomic E-state index is 4.31. The number of aromatic nitrogens is 2. The first kappa shape index (κ1) is 13.6. The molecule has 2 rings (SSSR count). The lowest BCUT2D eigenvalue weighted by Gasteiger charge is -2.13. The summed E-state index contributed by atoms with van der Waals surface area (Å²) in [7, 11) is 3.97. The van der Waals surface area contributed by atoms with E-state index < -0.39 is 0 Å². The Morgan fingerprint density at radius 3 is 2.78 bits per heavy atom. The Kier molecular flexibility index (Phi) is 4.48. The van der Waals surface area contributed by atoms with Crippen LogP contribution in [0.4, 0.5) is 0 Å². The second kappa shape index (κ2) is 5.91. The molecule has 0 saturated carbocycles. The van der Waals surface area contributed by atoms with E-state index in [0.717, 1.165) is 9.63 Å². The molecule has 0 aliphatic rings. The summed E-state index contributed by atoms with van der Waals surface area (Å²) >= 11 is 5.30. The van der Waals surface area contributed by atoms with E-state index in [1.165, 1.54) is 10.5 Å². The van der Waals surface area contributed by atoms with Gasteiger partial charge in [-0.05, 0) is 31.7 Å². The van der Waals surface area contributed by atoms with Gasteiger partial charge in [0.15, 0.2) is 5.16 Å². The molecule has 96 valence electrons. The molecule has 0 aliphatic heterocycles. The third-order valence-electron chi connectivity index (χ3n) is 2.86. The van der Waals surface area contributed by atoms with E-state index in [2.05, 4.69) is 51.4 Å². The zero-order valence-electron chi connectivity index (χ0n) is 10.6. The zero-order chi connectivity index (χ0) is 13.1. The van der Waals surface area contributed by atoms with Crippen LogP contribution in [0.5, 0.6) is 0 Å². The fourth-order valence-electron chi connectivity index (χ4n) is 1.63. The predicted octanol–water partition coefficient (Wildman–Crippen LogP) is 3.61. The molecule has 1 atom stereocenters. The third kappa shape index (κ3) is 2.96. The Morgan fingerprint density at radius 2 is 2.22 bits per heavy atom. The Labute approximate surface area is 120 Å². The van der Waals surface area contributed by atoms with Gasteiger partial charge in [0.2, 0.25) is 0 Å². The molecule has 5 heteroatoms. The summed E-state index contributed by atoms with van der Waals surface area (Å²) in [6.07, 6.45) is 3.77. The van der Waals surface area contributed by atoms with Gasteiger partial charge >= 0.3 is 0 Å². The molecule has 1 aromatic carbocycles. The highest BCUT2D eigenvalue weighted by atomic mass is 79.9. The first-order valence-corrected chi connectivity index (χ1v) is 7.34. The van der Waals surface area contributed by atoms with Gasteiger partial charge in [-0.3, -0.25) is 0 Å². The molecular formula is C13H16BrN3S. The monoisotopic (exact) mass is 325 g/mol. The minimum atomic E-state index is 0.339. The Hall–Kier alpha value is -0.780. The van der Waals surface area contributed by atoms with Crippen LogP contribution < -0.4 is 5.32 Å². The van der Waals surface area contributed by atoms with E-state index >= 15 is 0 Å². The van der Waals surface area contributed by atoms with Crippen molar-refractivity contribution in [3.8, 4) is 0 Å². The van der Waals surface area contributed by atoms with Crippen LogP contribution in [0, 0.1) is 0 Å². The summed E-state index contributed by atoms with van der Waals surface area (Å²) in [4.78, 5) is 5.50. The fraction of sp³-hybridized carbons (Fsp3) is 0.308. The van der Waals surface area contributed by atoms with Crippen LogP contribution in [-0.4, -0.2) is 16.6 Å². The van der Waals surface area contributed by atoms with Crippen molar-refractivity contribution in [2.45, 2.75) is 23.0 Å². The second-order valence-corrected chi connectivity index (χ2v) is 6.01. The highest BCUT2D eigenvalue weighted by Crippen LogP contribution is 2.31. The van der Waals surface area contributed by atoms with Crippen LogP contribution in [0.2, 0.25) is 0 Å². The normalized spacial score (nSPS) is 12.7. The van der Waals surface area contributed by atoms with E-state index in [0.29, 0.717) is 6.04 Å². The van der Waals surface area contributed by atoms with E-state index in [-0.39, 0.29) is 0 Å². The maximum Gasteiger partial charge on any atom is 0.172 e. The molecule has 1 unspecified atom stereocenters. The van der Waals surface area contributed by atoms with Crippen LogP contribution >= 0.6 is 27.7 Å². The van der Waals surface area contributed by atoms with Gasteiger partial charge < -0.3 is 9.88 Å². The van der Waals surface area contributed by atoms with Crippen molar-refractivity contribution >= 4 is 27.7 Å². The molecule has 0 fully saturated rings. The Bertz CT molecular complexity index is 539. The van der Waals surface area contributed by atoms with Crippen molar-refractivity contribution in [2.24, 2.45) is 7.05 Å². The van der Waals surface area contributed by atoms with Crippen molar-refractivity contribution in [3.63, 3.8) is 0 Å². The average Bonchev–Trinajstić information content (AvgIpc) is 2.74. The first-order valence-electron chi connectivity index (χ1n) is 5.73. The summed E-state index contributed by atoms with van der Waals surface area (Å²) in [5, 5.41) is 4.24. The van der Waals surface area contributed by atoms with Crippen LogP contribution in [-0.2, 0) is 7.05 Å². The lowest BCUT2D eigenvalue weighted by atomic mass is 10.1. The molecule has 1 aromatic heterocycles. The van der Waals surface area contributed by atoms with Crippen molar-refractivity contribution in [3.05, 3.63) is 40.6 Å². The number of nitrogens with zero attached hydrogens (tertiary/aromatic N) is 2. The van der Waals surface area contributed by atoms with Gasteiger partial charge in [-0.15, -0.1) is 0 Å². The van der Waals surface area contributed by atoms with Gasteiger partial charge in [0.05, 0.1) is 0 Å². The number of hydrogen-bond donors (Lipinski definition) is 1. The number of halogens is 1. The molecule has 0 saturated heterocycles. The van der Waals surface area contributed by atoms with Crippen LogP contribution in [0.15, 0.2) is 45.1 Å². The molecular weight excluding hydrogens is 310 g/mol. The van der Waals surface area contributed by atoms with Crippen molar-refractivity contribution in [1.29, 1.82) is 0 Å². The average molecular weight is 326 g/mol. The summed E-state index contributed by atoms with van der Waals surface area (Å²) in [6.45, 7) is 2.14. The van der Waals surface area contributed by atoms with Crippen molar-refractivity contribution < 1.29 is 0 Å². The lowest BCUT2D eigenvalue weighted by Crippen LogP contribution is -2.12. The van der Waals surface area contributed by atoms with Crippen molar-refractivity contribution in [1.82, 2.24) is 14.9 Å². The smallest absolute Gasteiger partial charge is 0.172 e. The van der Waals surface area contributed by atoms with Gasteiger partial charge in [-0.1, -0.05) is 33.8 Å². The van der Waals surface area contributed by atoms with Crippen LogP contribution in [0.1, 0.15) is 18.5 Å². The van der Waals surface area contributed by atoms with Crippen LogP contribution in [0.3, 0.4) is 0 Å². The molecule has 0 radical (unpaired) electrons. The minimum absolute atomic E-state index is 0.339. The molecule has 18 heavy (non-hydrogen) atoms. The third-order valence-corrected chi connectivity index (χ3v) is 4.61. The van der Waals surface area contributed by atoms with Gasteiger partial charge in [0.25, 0.3) is 0 Å². The number of rotatable bonds is 4. The Morgan fingerprint density at radius 1 is 1.44 bits per heavy atom. The van der Waals surface area contributed by atoms with E-state index in [1.807, 2.05) is 31.1 Å². The van der Waals surface area contributed by atoms with Gasteiger partial charge in [-0.2, -0.15) is 0 Å². The summed E-state index contributed by atoms with van der Waals surface area (Å²) in [5.41, 5.74) is 1.27. The molecule has 2 aromatic rings. The molecule has 1 N–H and O–H groups in total. The Balaban J connectivity index is 2.21. The molecule has 0 amide bonds. The SMILES string of the molecule is CNC(C)c1ccc(Sc2nccn2C)cc1Br. The standard InChI is InChI=1S/C13H16BrN3S/c1-9(15-2)11-5-4-10(8-12(11)14)18-13-16-6-7-17(13)3/h4-9,15H,1-3H3. The minimum Gasteiger partial charge on any atom is -0.329 e. The molecule has 0 spiro atoms. The summed E-state index contributed by atoms with van der Waals surface area (Å²) in [5.74, 6) is 0. The molecule has 1 heterocycles. The molecule has 3 nitrogen and oxygen atoms in total. The lowest BCUT2D eigenvalue weighted by molar-refractivity contribution is 0.649. The number of nitrogens with one attached hydrogen (secondary N) is 1. The van der Waals surface area contributed by atoms with Crippen LogP contribution in [0.25, 0.3) is 0 Å². The van der Waals surface area contributed by atoms with E-state index in [9.17, 15) is 0 Å². The van der Waals surface area contributed by atoms with Crippen molar-refractivity contribution in [2.75, 3.05) is 7.05 Å². The summed E-state index contributed by atoms with van der Waals surface area (Å²) < 4.78 is 3.14. The van der Waals surface area contributed by atoms with E-state index in [4.69, 9.17) is 0 Å². The topological polar surface area (TPSA) is 29.9 Å². The fourth-order valence-corrected chi connectivity index (χ4v) is 3.35. The number of hydrogen-bond acceptors (Lipinski definition) is 3. The first-order chi connectivity index (χ1) is 8.61. The number of benzene rings is 1. The highest BCUT2D eigenvalue weighted by molar-refractivity contribution is 9.10. The van der Waals surface area contributed by atoms with E-state index in [1.54, 1.807) is 11.8 Å². The largest absolute Gasteiger partial charge is 0.329 e. The predicted molar refractivity (Wildman–Crippen MR) is 78.9 cm³/mol. The number of imidazole rings is 1.